The number of aliphatic carboxylic acids is 1. The average Bonchev–Trinajstić information content (AvgIpc) is 2.76. The van der Waals surface area contributed by atoms with Gasteiger partial charge in [-0.05, 0) is 37.8 Å². The normalized spacial score (nSPS) is 20.9. The van der Waals surface area contributed by atoms with Gasteiger partial charge in [0.15, 0.2) is 0 Å². The highest BCUT2D eigenvalue weighted by Crippen LogP contribution is 2.13. The summed E-state index contributed by atoms with van der Waals surface area (Å²) in [6.07, 6.45) is 2.13. The Morgan fingerprint density at radius 2 is 2.17 bits per heavy atom. The van der Waals surface area contributed by atoms with Gasteiger partial charge in [0, 0.05) is 13.0 Å². The van der Waals surface area contributed by atoms with Crippen molar-refractivity contribution in [3.63, 3.8) is 0 Å². The maximum Gasteiger partial charge on any atom is 0.308 e. The minimum Gasteiger partial charge on any atom is -0.481 e. The van der Waals surface area contributed by atoms with Crippen LogP contribution in [0.4, 0.5) is 0 Å². The van der Waals surface area contributed by atoms with E-state index in [4.69, 9.17) is 5.11 Å². The molecule has 0 aromatic carbocycles. The standard InChI is InChI=1S/C13H24N2O3/c1-9(2)5-11(13(17)18)8-15-12(16)6-10-3-4-14-7-10/h9-11,14H,3-8H2,1-2H3,(H,15,16)(H,17,18). The largest absolute Gasteiger partial charge is 0.481 e. The smallest absolute Gasteiger partial charge is 0.308 e. The van der Waals surface area contributed by atoms with Crippen LogP contribution >= 0.6 is 0 Å². The molecule has 1 fully saturated rings. The van der Waals surface area contributed by atoms with Crippen LogP contribution in [0.25, 0.3) is 0 Å². The first-order valence-electron chi connectivity index (χ1n) is 6.69. The third-order valence-electron chi connectivity index (χ3n) is 3.29. The Bertz CT molecular complexity index is 286. The van der Waals surface area contributed by atoms with Crippen molar-refractivity contribution in [2.24, 2.45) is 17.8 Å². The van der Waals surface area contributed by atoms with Crippen LogP contribution in [0.1, 0.15) is 33.1 Å². The summed E-state index contributed by atoms with van der Waals surface area (Å²) < 4.78 is 0. The van der Waals surface area contributed by atoms with Crippen molar-refractivity contribution in [1.29, 1.82) is 0 Å². The first-order valence-corrected chi connectivity index (χ1v) is 6.69. The summed E-state index contributed by atoms with van der Waals surface area (Å²) in [7, 11) is 0. The van der Waals surface area contributed by atoms with Crippen LogP contribution in [0.2, 0.25) is 0 Å². The van der Waals surface area contributed by atoms with E-state index in [0.29, 0.717) is 24.7 Å². The maximum absolute atomic E-state index is 11.7. The number of amides is 1. The Morgan fingerprint density at radius 1 is 1.44 bits per heavy atom. The van der Waals surface area contributed by atoms with Gasteiger partial charge in [-0.2, -0.15) is 0 Å². The van der Waals surface area contributed by atoms with Crippen molar-refractivity contribution in [3.8, 4) is 0 Å². The molecule has 1 saturated heterocycles. The molecule has 1 aliphatic heterocycles. The molecule has 0 aliphatic carbocycles. The zero-order valence-corrected chi connectivity index (χ0v) is 11.2. The number of carbonyl (C=O) groups is 2. The highest BCUT2D eigenvalue weighted by Gasteiger charge is 2.21. The molecule has 2 atom stereocenters. The molecule has 1 amide bonds. The zero-order valence-electron chi connectivity index (χ0n) is 11.2. The maximum atomic E-state index is 11.7. The fourth-order valence-corrected chi connectivity index (χ4v) is 2.30. The van der Waals surface area contributed by atoms with Crippen LogP contribution in [0.5, 0.6) is 0 Å². The van der Waals surface area contributed by atoms with E-state index >= 15 is 0 Å². The summed E-state index contributed by atoms with van der Waals surface area (Å²) in [5.41, 5.74) is 0. The highest BCUT2D eigenvalue weighted by molar-refractivity contribution is 5.77. The fourth-order valence-electron chi connectivity index (χ4n) is 2.30. The molecular weight excluding hydrogens is 232 g/mol. The van der Waals surface area contributed by atoms with E-state index < -0.39 is 11.9 Å². The summed E-state index contributed by atoms with van der Waals surface area (Å²) in [5, 5.41) is 15.0. The van der Waals surface area contributed by atoms with Crippen LogP contribution in [0.3, 0.4) is 0 Å². The summed E-state index contributed by atoms with van der Waals surface area (Å²) in [6.45, 7) is 6.08. The van der Waals surface area contributed by atoms with Gasteiger partial charge in [-0.25, -0.2) is 0 Å². The quantitative estimate of drug-likeness (QED) is 0.631. The molecule has 5 heteroatoms. The third-order valence-corrected chi connectivity index (χ3v) is 3.29. The Morgan fingerprint density at radius 3 is 2.67 bits per heavy atom. The fraction of sp³-hybridized carbons (Fsp3) is 0.846. The van der Waals surface area contributed by atoms with Crippen LogP contribution < -0.4 is 10.6 Å². The number of nitrogens with one attached hydrogen (secondary N) is 2. The lowest BCUT2D eigenvalue weighted by molar-refractivity contribution is -0.142. The molecule has 0 bridgehead atoms. The lowest BCUT2D eigenvalue weighted by atomic mass is 9.97. The van der Waals surface area contributed by atoms with Crippen molar-refractivity contribution in [1.82, 2.24) is 10.6 Å². The van der Waals surface area contributed by atoms with Crippen molar-refractivity contribution < 1.29 is 14.7 Å². The van der Waals surface area contributed by atoms with Gasteiger partial charge < -0.3 is 15.7 Å². The molecule has 1 heterocycles. The average molecular weight is 256 g/mol. The first-order chi connectivity index (χ1) is 8.49. The topological polar surface area (TPSA) is 78.4 Å². The summed E-state index contributed by atoms with van der Waals surface area (Å²) in [6, 6.07) is 0. The Balaban J connectivity index is 2.27. The van der Waals surface area contributed by atoms with Gasteiger partial charge in [0.1, 0.15) is 0 Å². The van der Waals surface area contributed by atoms with E-state index in [1.165, 1.54) is 0 Å². The monoisotopic (exact) mass is 256 g/mol. The van der Waals surface area contributed by atoms with E-state index in [2.05, 4.69) is 10.6 Å². The minimum absolute atomic E-state index is 0.0290. The molecule has 3 N–H and O–H groups in total. The third kappa shape index (κ3) is 5.49. The van der Waals surface area contributed by atoms with E-state index in [0.717, 1.165) is 19.5 Å². The second-order valence-electron chi connectivity index (χ2n) is 5.53. The number of hydrogen-bond donors (Lipinski definition) is 3. The molecule has 18 heavy (non-hydrogen) atoms. The highest BCUT2D eigenvalue weighted by atomic mass is 16.4. The lowest BCUT2D eigenvalue weighted by Crippen LogP contribution is -2.34. The predicted octanol–water partition coefficient (Wildman–Crippen LogP) is 0.849. The van der Waals surface area contributed by atoms with Crippen LogP contribution in [-0.4, -0.2) is 36.6 Å². The molecule has 0 radical (unpaired) electrons. The Kier molecular flexibility index (Phi) is 6.12. The van der Waals surface area contributed by atoms with Crippen molar-refractivity contribution in [3.05, 3.63) is 0 Å². The first kappa shape index (κ1) is 15.0. The second-order valence-corrected chi connectivity index (χ2v) is 5.53. The molecule has 1 rings (SSSR count). The molecule has 0 spiro atoms. The van der Waals surface area contributed by atoms with Gasteiger partial charge in [0.05, 0.1) is 5.92 Å². The lowest BCUT2D eigenvalue weighted by Gasteiger charge is -2.16. The van der Waals surface area contributed by atoms with Gasteiger partial charge >= 0.3 is 5.97 Å². The van der Waals surface area contributed by atoms with Gasteiger partial charge in [-0.1, -0.05) is 13.8 Å². The van der Waals surface area contributed by atoms with Crippen LogP contribution in [-0.2, 0) is 9.59 Å². The molecule has 1 aliphatic rings. The number of rotatable bonds is 7. The second kappa shape index (κ2) is 7.36. The minimum atomic E-state index is -0.827. The van der Waals surface area contributed by atoms with E-state index in [1.807, 2.05) is 13.8 Å². The van der Waals surface area contributed by atoms with Crippen molar-refractivity contribution in [2.75, 3.05) is 19.6 Å². The van der Waals surface area contributed by atoms with E-state index in [9.17, 15) is 9.59 Å². The summed E-state index contributed by atoms with van der Waals surface area (Å²) in [4.78, 5) is 22.7. The van der Waals surface area contributed by atoms with Gasteiger partial charge in [0.25, 0.3) is 0 Å². The van der Waals surface area contributed by atoms with Gasteiger partial charge in [-0.15, -0.1) is 0 Å². The molecule has 0 aromatic heterocycles. The van der Waals surface area contributed by atoms with Crippen molar-refractivity contribution >= 4 is 11.9 Å². The molecule has 0 saturated carbocycles. The summed E-state index contributed by atoms with van der Waals surface area (Å²) >= 11 is 0. The molecule has 5 nitrogen and oxygen atoms in total. The molecular formula is C13H24N2O3. The molecule has 104 valence electrons. The summed E-state index contributed by atoms with van der Waals surface area (Å²) in [5.74, 6) is -0.610. The molecule has 0 aromatic rings. The van der Waals surface area contributed by atoms with Crippen molar-refractivity contribution in [2.45, 2.75) is 33.1 Å². The number of carbonyl (C=O) groups excluding carboxylic acids is 1. The number of hydrogen-bond acceptors (Lipinski definition) is 3. The number of carboxylic acid groups (broad SMARTS) is 1. The van der Waals surface area contributed by atoms with Gasteiger partial charge in [-0.3, -0.25) is 9.59 Å². The Hall–Kier alpha value is -1.10. The Labute approximate surface area is 108 Å². The SMILES string of the molecule is CC(C)CC(CNC(=O)CC1CCNC1)C(=O)O. The number of carboxylic acids is 1. The van der Waals surface area contributed by atoms with E-state index in [-0.39, 0.29) is 12.5 Å². The zero-order chi connectivity index (χ0) is 13.5. The predicted molar refractivity (Wildman–Crippen MR) is 69.2 cm³/mol. The van der Waals surface area contributed by atoms with Crippen LogP contribution in [0.15, 0.2) is 0 Å². The van der Waals surface area contributed by atoms with E-state index in [1.54, 1.807) is 0 Å². The van der Waals surface area contributed by atoms with Crippen LogP contribution in [0, 0.1) is 17.8 Å². The molecule has 2 unspecified atom stereocenters. The van der Waals surface area contributed by atoms with Gasteiger partial charge in [0.2, 0.25) is 5.91 Å².